The van der Waals surface area contributed by atoms with E-state index in [1.54, 1.807) is 13.2 Å². The van der Waals surface area contributed by atoms with Gasteiger partial charge in [-0.25, -0.2) is 0 Å². The number of carbonyl (C=O) groups excluding carboxylic acids is 1. The SMILES string of the molecule is C=CCN(CCOC)C(=O)C1(CC)CCNCC1. The molecule has 0 spiro atoms. The number of hydrogen-bond acceptors (Lipinski definition) is 3. The molecule has 0 aromatic heterocycles. The van der Waals surface area contributed by atoms with Crippen LogP contribution in [0.25, 0.3) is 0 Å². The van der Waals surface area contributed by atoms with E-state index in [4.69, 9.17) is 4.74 Å². The predicted molar refractivity (Wildman–Crippen MR) is 73.5 cm³/mol. The molecule has 1 heterocycles. The highest BCUT2D eigenvalue weighted by Crippen LogP contribution is 2.34. The molecule has 1 rings (SSSR count). The lowest BCUT2D eigenvalue weighted by atomic mass is 9.75. The number of ether oxygens (including phenoxy) is 1. The van der Waals surface area contributed by atoms with Crippen LogP contribution in [0.15, 0.2) is 12.7 Å². The van der Waals surface area contributed by atoms with Crippen molar-refractivity contribution in [1.29, 1.82) is 0 Å². The highest BCUT2D eigenvalue weighted by Gasteiger charge is 2.39. The van der Waals surface area contributed by atoms with Crippen molar-refractivity contribution in [2.75, 3.05) is 39.9 Å². The van der Waals surface area contributed by atoms with E-state index in [0.29, 0.717) is 19.7 Å². The topological polar surface area (TPSA) is 41.6 Å². The zero-order chi connectivity index (χ0) is 13.4. The molecule has 0 bridgehead atoms. The number of nitrogens with one attached hydrogen (secondary N) is 1. The van der Waals surface area contributed by atoms with Crippen LogP contribution in [-0.4, -0.2) is 50.7 Å². The first-order valence-electron chi connectivity index (χ1n) is 6.80. The summed E-state index contributed by atoms with van der Waals surface area (Å²) in [5.74, 6) is 0.267. The Kier molecular flexibility index (Phi) is 6.36. The molecule has 0 radical (unpaired) electrons. The van der Waals surface area contributed by atoms with Crippen molar-refractivity contribution >= 4 is 5.91 Å². The second-order valence-corrected chi connectivity index (χ2v) is 4.92. The van der Waals surface area contributed by atoms with Crippen molar-refractivity contribution < 1.29 is 9.53 Å². The fourth-order valence-electron chi connectivity index (χ4n) is 2.59. The number of carbonyl (C=O) groups is 1. The summed E-state index contributed by atoms with van der Waals surface area (Å²) in [7, 11) is 1.66. The van der Waals surface area contributed by atoms with Gasteiger partial charge in [0, 0.05) is 20.2 Å². The lowest BCUT2D eigenvalue weighted by Crippen LogP contribution is -2.49. The van der Waals surface area contributed by atoms with Crippen LogP contribution < -0.4 is 5.32 Å². The molecule has 1 N–H and O–H groups in total. The molecule has 0 aromatic rings. The quantitative estimate of drug-likeness (QED) is 0.699. The van der Waals surface area contributed by atoms with Crippen molar-refractivity contribution in [1.82, 2.24) is 10.2 Å². The number of amides is 1. The molecule has 104 valence electrons. The van der Waals surface area contributed by atoms with Crippen molar-refractivity contribution in [2.24, 2.45) is 5.41 Å². The first kappa shape index (κ1) is 15.2. The van der Waals surface area contributed by atoms with E-state index in [0.717, 1.165) is 32.4 Å². The van der Waals surface area contributed by atoms with Gasteiger partial charge in [0.15, 0.2) is 0 Å². The Balaban J connectivity index is 2.74. The second kappa shape index (κ2) is 7.54. The number of hydrogen-bond donors (Lipinski definition) is 1. The molecule has 0 aliphatic carbocycles. The molecule has 0 unspecified atom stereocenters. The third kappa shape index (κ3) is 3.56. The summed E-state index contributed by atoms with van der Waals surface area (Å²) in [4.78, 5) is 14.6. The van der Waals surface area contributed by atoms with Crippen molar-refractivity contribution in [2.45, 2.75) is 26.2 Å². The number of rotatable bonds is 7. The summed E-state index contributed by atoms with van der Waals surface area (Å²) in [6.45, 7) is 9.57. The lowest BCUT2D eigenvalue weighted by Gasteiger charge is -2.39. The summed E-state index contributed by atoms with van der Waals surface area (Å²) in [5.41, 5.74) is -0.179. The van der Waals surface area contributed by atoms with E-state index >= 15 is 0 Å². The Labute approximate surface area is 110 Å². The molecule has 0 atom stereocenters. The first-order chi connectivity index (χ1) is 8.70. The first-order valence-corrected chi connectivity index (χ1v) is 6.80. The summed E-state index contributed by atoms with van der Waals surface area (Å²) in [6.07, 6.45) is 4.57. The Morgan fingerprint density at radius 1 is 1.50 bits per heavy atom. The maximum absolute atomic E-state index is 12.7. The van der Waals surface area contributed by atoms with Crippen LogP contribution in [0.4, 0.5) is 0 Å². The Morgan fingerprint density at radius 2 is 2.17 bits per heavy atom. The van der Waals surface area contributed by atoms with E-state index < -0.39 is 0 Å². The normalized spacial score (nSPS) is 18.3. The standard InChI is InChI=1S/C14H26N2O2/c1-4-10-16(11-12-18-3)13(17)14(5-2)6-8-15-9-7-14/h4,15H,1,5-12H2,2-3H3. The van der Waals surface area contributed by atoms with Crippen molar-refractivity contribution in [3.05, 3.63) is 12.7 Å². The molecule has 18 heavy (non-hydrogen) atoms. The smallest absolute Gasteiger partial charge is 0.229 e. The summed E-state index contributed by atoms with van der Waals surface area (Å²) in [6, 6.07) is 0. The van der Waals surface area contributed by atoms with Crippen molar-refractivity contribution in [3.63, 3.8) is 0 Å². The van der Waals surface area contributed by atoms with Crippen LogP contribution in [0, 0.1) is 5.41 Å². The summed E-state index contributed by atoms with van der Waals surface area (Å²) < 4.78 is 5.08. The van der Waals surface area contributed by atoms with E-state index in [1.807, 2.05) is 4.90 Å². The fourth-order valence-corrected chi connectivity index (χ4v) is 2.59. The van der Waals surface area contributed by atoms with Gasteiger partial charge in [-0.1, -0.05) is 13.0 Å². The van der Waals surface area contributed by atoms with E-state index in [1.165, 1.54) is 0 Å². The van der Waals surface area contributed by atoms with Gasteiger partial charge in [-0.05, 0) is 32.4 Å². The van der Waals surface area contributed by atoms with E-state index in [2.05, 4.69) is 18.8 Å². The third-order valence-corrected chi connectivity index (χ3v) is 3.89. The molecular formula is C14H26N2O2. The van der Waals surface area contributed by atoms with Gasteiger partial charge < -0.3 is 15.0 Å². The van der Waals surface area contributed by atoms with Crippen LogP contribution in [0.2, 0.25) is 0 Å². The Morgan fingerprint density at radius 3 is 2.67 bits per heavy atom. The summed E-state index contributed by atoms with van der Waals surface area (Å²) >= 11 is 0. The van der Waals surface area contributed by atoms with Gasteiger partial charge in [0.2, 0.25) is 5.91 Å². The molecule has 1 fully saturated rings. The Bertz CT molecular complexity index is 273. The molecule has 0 saturated carbocycles. The number of nitrogens with zero attached hydrogens (tertiary/aromatic N) is 1. The van der Waals surface area contributed by atoms with Crippen LogP contribution in [-0.2, 0) is 9.53 Å². The summed E-state index contributed by atoms with van der Waals surface area (Å²) in [5, 5.41) is 3.33. The zero-order valence-corrected chi connectivity index (χ0v) is 11.7. The van der Waals surface area contributed by atoms with Crippen LogP contribution in [0.1, 0.15) is 26.2 Å². The van der Waals surface area contributed by atoms with Crippen LogP contribution >= 0.6 is 0 Å². The predicted octanol–water partition coefficient (Wildman–Crippen LogP) is 1.43. The van der Waals surface area contributed by atoms with Gasteiger partial charge in [0.05, 0.1) is 12.0 Å². The minimum absolute atomic E-state index is 0.179. The average Bonchev–Trinajstić information content (AvgIpc) is 2.43. The largest absolute Gasteiger partial charge is 0.383 e. The van der Waals surface area contributed by atoms with E-state index in [-0.39, 0.29) is 11.3 Å². The monoisotopic (exact) mass is 254 g/mol. The van der Waals surface area contributed by atoms with Crippen LogP contribution in [0.5, 0.6) is 0 Å². The lowest BCUT2D eigenvalue weighted by molar-refractivity contribution is -0.144. The third-order valence-electron chi connectivity index (χ3n) is 3.89. The van der Waals surface area contributed by atoms with Crippen molar-refractivity contribution in [3.8, 4) is 0 Å². The molecule has 1 amide bonds. The van der Waals surface area contributed by atoms with Gasteiger partial charge in [-0.3, -0.25) is 4.79 Å². The maximum atomic E-state index is 12.7. The second-order valence-electron chi connectivity index (χ2n) is 4.92. The van der Waals surface area contributed by atoms with Gasteiger partial charge >= 0.3 is 0 Å². The van der Waals surface area contributed by atoms with Gasteiger partial charge in [-0.15, -0.1) is 6.58 Å². The molecule has 0 aromatic carbocycles. The molecule has 1 aliphatic rings. The average molecular weight is 254 g/mol. The molecule has 1 aliphatic heterocycles. The molecule has 4 heteroatoms. The zero-order valence-electron chi connectivity index (χ0n) is 11.7. The number of methoxy groups -OCH3 is 1. The highest BCUT2D eigenvalue weighted by molar-refractivity contribution is 5.83. The minimum Gasteiger partial charge on any atom is -0.383 e. The van der Waals surface area contributed by atoms with Gasteiger partial charge in [-0.2, -0.15) is 0 Å². The van der Waals surface area contributed by atoms with Crippen LogP contribution in [0.3, 0.4) is 0 Å². The minimum atomic E-state index is -0.179. The van der Waals surface area contributed by atoms with Gasteiger partial charge in [0.25, 0.3) is 0 Å². The highest BCUT2D eigenvalue weighted by atomic mass is 16.5. The maximum Gasteiger partial charge on any atom is 0.229 e. The number of piperidine rings is 1. The Hall–Kier alpha value is -0.870. The molecule has 1 saturated heterocycles. The van der Waals surface area contributed by atoms with E-state index in [9.17, 15) is 4.79 Å². The van der Waals surface area contributed by atoms with Gasteiger partial charge in [0.1, 0.15) is 0 Å². The fraction of sp³-hybridized carbons (Fsp3) is 0.786. The molecule has 4 nitrogen and oxygen atoms in total. The molecular weight excluding hydrogens is 228 g/mol.